The van der Waals surface area contributed by atoms with Crippen molar-refractivity contribution in [2.75, 3.05) is 39.3 Å². The second-order valence-electron chi connectivity index (χ2n) is 17.1. The van der Waals surface area contributed by atoms with E-state index < -0.39 is 0 Å². The summed E-state index contributed by atoms with van der Waals surface area (Å²) < 4.78 is 0. The number of nitrogens with two attached hydrogens (primary N) is 1. The molecule has 0 aromatic heterocycles. The number of amides is 1. The Morgan fingerprint density at radius 1 is 0.891 bits per heavy atom. The first kappa shape index (κ1) is 37.8. The van der Waals surface area contributed by atoms with Crippen molar-refractivity contribution in [3.63, 3.8) is 0 Å². The first-order valence-corrected chi connectivity index (χ1v) is 19.4. The van der Waals surface area contributed by atoms with E-state index in [4.69, 9.17) is 5.73 Å². The fraction of sp³-hybridized carbons (Fsp3) is 0.923. The third-order valence-electron chi connectivity index (χ3n) is 13.9. The molecule has 4 aliphatic rings. The minimum atomic E-state index is -0.369. The zero-order valence-corrected chi connectivity index (χ0v) is 30.5. The zero-order chi connectivity index (χ0) is 33.5. The lowest BCUT2D eigenvalue weighted by molar-refractivity contribution is -0.234. The molecule has 10 atom stereocenters. The molecule has 7 heteroatoms. The highest BCUT2D eigenvalue weighted by molar-refractivity contribution is 5.82. The van der Waals surface area contributed by atoms with Gasteiger partial charge in [0.15, 0.2) is 0 Å². The number of aliphatic hydroxyl groups excluding tert-OH is 2. The smallest absolute Gasteiger partial charge is 0.227 e. The number of fused-ring (bicyclic) bond motifs is 5. The van der Waals surface area contributed by atoms with Crippen LogP contribution in [-0.2, 0) is 4.79 Å². The Morgan fingerprint density at radius 2 is 1.57 bits per heavy atom. The van der Waals surface area contributed by atoms with Crippen molar-refractivity contribution >= 4 is 5.91 Å². The summed E-state index contributed by atoms with van der Waals surface area (Å²) in [6, 6.07) is 0. The van der Waals surface area contributed by atoms with E-state index in [1.807, 2.05) is 0 Å². The number of allylic oxidation sites excluding steroid dienone is 1. The van der Waals surface area contributed by atoms with E-state index in [0.717, 1.165) is 116 Å². The first-order valence-electron chi connectivity index (χ1n) is 19.4. The van der Waals surface area contributed by atoms with E-state index in [2.05, 4.69) is 63.6 Å². The molecule has 0 heterocycles. The molecule has 7 nitrogen and oxygen atoms in total. The van der Waals surface area contributed by atoms with Crippen molar-refractivity contribution in [3.8, 4) is 0 Å². The van der Waals surface area contributed by atoms with Crippen LogP contribution in [0, 0.1) is 51.8 Å². The van der Waals surface area contributed by atoms with Gasteiger partial charge in [-0.3, -0.25) is 4.79 Å². The van der Waals surface area contributed by atoms with Gasteiger partial charge in [0.25, 0.3) is 0 Å². The van der Waals surface area contributed by atoms with E-state index in [9.17, 15) is 15.0 Å². The fourth-order valence-corrected chi connectivity index (χ4v) is 11.1. The van der Waals surface area contributed by atoms with Crippen LogP contribution in [-0.4, -0.2) is 67.6 Å². The van der Waals surface area contributed by atoms with Gasteiger partial charge >= 0.3 is 0 Å². The predicted octanol–water partition coefficient (Wildman–Crippen LogP) is 5.79. The highest BCUT2D eigenvalue weighted by Crippen LogP contribution is 2.73. The largest absolute Gasteiger partial charge is 0.393 e. The number of carbonyl (C=O) groups excluding carboxylic acids is 1. The monoisotopic (exact) mass is 645 g/mol. The lowest BCUT2D eigenvalue weighted by atomic mass is 9.36. The second kappa shape index (κ2) is 16.6. The summed E-state index contributed by atoms with van der Waals surface area (Å²) in [5.41, 5.74) is 6.96. The molecule has 0 bridgehead atoms. The molecule has 0 aliphatic heterocycles. The van der Waals surface area contributed by atoms with Gasteiger partial charge in [0.1, 0.15) is 0 Å². The Bertz CT molecular complexity index is 1000. The summed E-state index contributed by atoms with van der Waals surface area (Å²) >= 11 is 0. The van der Waals surface area contributed by atoms with Crippen LogP contribution in [0.5, 0.6) is 0 Å². The number of hydrogen-bond acceptors (Lipinski definition) is 6. The number of rotatable bonds is 18. The summed E-state index contributed by atoms with van der Waals surface area (Å²) in [5.74, 6) is 1.95. The SMILES string of the molecule is CC(C)CCCC(C(=O)NCCCNCCCCNCCCN)C1=CC[C@@]2(C)C1C[C@@H](O)C1[C@@]3(C)CC[C@@H](O)[C@@H](C)C3CC[C@@]12C. The van der Waals surface area contributed by atoms with E-state index in [0.29, 0.717) is 18.4 Å². The van der Waals surface area contributed by atoms with Gasteiger partial charge in [0, 0.05) is 6.54 Å². The predicted molar refractivity (Wildman–Crippen MR) is 190 cm³/mol. The molecule has 266 valence electrons. The lowest BCUT2D eigenvalue weighted by Crippen LogP contribution is -2.66. The van der Waals surface area contributed by atoms with Crippen LogP contribution in [0.1, 0.15) is 125 Å². The average Bonchev–Trinajstić information content (AvgIpc) is 3.34. The molecular weight excluding hydrogens is 572 g/mol. The maximum absolute atomic E-state index is 13.9. The molecule has 0 radical (unpaired) electrons. The molecule has 4 rings (SSSR count). The van der Waals surface area contributed by atoms with Gasteiger partial charge in [0.2, 0.25) is 5.91 Å². The summed E-state index contributed by atoms with van der Waals surface area (Å²) in [7, 11) is 0. The summed E-state index contributed by atoms with van der Waals surface area (Å²) in [5, 5.41) is 33.2. The van der Waals surface area contributed by atoms with Gasteiger partial charge in [-0.15, -0.1) is 0 Å². The van der Waals surface area contributed by atoms with Gasteiger partial charge in [-0.25, -0.2) is 0 Å². The highest BCUT2D eigenvalue weighted by atomic mass is 16.3. The lowest BCUT2D eigenvalue weighted by Gasteiger charge is -2.69. The first-order chi connectivity index (χ1) is 21.9. The van der Waals surface area contributed by atoms with Crippen LogP contribution in [0.2, 0.25) is 0 Å². The summed E-state index contributed by atoms with van der Waals surface area (Å²) in [6.07, 6.45) is 15.1. The zero-order valence-electron chi connectivity index (χ0n) is 30.5. The molecule has 4 aliphatic carbocycles. The Kier molecular flexibility index (Phi) is 13.7. The van der Waals surface area contributed by atoms with Crippen LogP contribution in [0.4, 0.5) is 0 Å². The molecule has 0 saturated heterocycles. The number of hydrogen-bond donors (Lipinski definition) is 6. The summed E-state index contributed by atoms with van der Waals surface area (Å²) in [6.45, 7) is 19.6. The Morgan fingerprint density at radius 3 is 2.24 bits per heavy atom. The van der Waals surface area contributed by atoms with Crippen LogP contribution >= 0.6 is 0 Å². The Hall–Kier alpha value is -0.990. The molecule has 1 amide bonds. The maximum Gasteiger partial charge on any atom is 0.227 e. The van der Waals surface area contributed by atoms with E-state index >= 15 is 0 Å². The molecule has 3 saturated carbocycles. The van der Waals surface area contributed by atoms with Crippen LogP contribution in [0.15, 0.2) is 11.6 Å². The van der Waals surface area contributed by atoms with Gasteiger partial charge in [-0.2, -0.15) is 0 Å². The number of aliphatic hydroxyl groups is 2. The van der Waals surface area contributed by atoms with Crippen LogP contribution in [0.25, 0.3) is 0 Å². The van der Waals surface area contributed by atoms with Gasteiger partial charge in [-0.05, 0) is 149 Å². The van der Waals surface area contributed by atoms with Gasteiger partial charge < -0.3 is 31.9 Å². The topological polar surface area (TPSA) is 120 Å². The fourth-order valence-electron chi connectivity index (χ4n) is 11.1. The standard InChI is InChI=1S/C39H72N4O3/c1-27(2)12-9-13-30(36(46)43-25-11-24-42-22-8-7-21-41-23-10-20-40)29-14-18-38(5)32(29)26-34(45)35-37(4)17-16-33(44)28(3)31(37)15-19-39(35,38)6/h14,27-28,30-35,41-42,44-45H,7-13,15-26,40H2,1-6H3,(H,43,46)/t28-,30?,31?,32?,33+,34+,35?,37-,38-,39-/m0/s1. The third-order valence-corrected chi connectivity index (χ3v) is 13.9. The highest BCUT2D eigenvalue weighted by Gasteiger charge is 2.68. The number of unbranched alkanes of at least 4 members (excludes halogenated alkanes) is 1. The summed E-state index contributed by atoms with van der Waals surface area (Å²) in [4.78, 5) is 13.9. The quantitative estimate of drug-likeness (QED) is 0.0831. The van der Waals surface area contributed by atoms with E-state index in [1.165, 1.54) is 5.57 Å². The van der Waals surface area contributed by atoms with E-state index in [1.54, 1.807) is 0 Å². The van der Waals surface area contributed by atoms with Crippen molar-refractivity contribution in [1.29, 1.82) is 0 Å². The molecule has 3 fully saturated rings. The van der Waals surface area contributed by atoms with Gasteiger partial charge in [-0.1, -0.05) is 66.0 Å². The van der Waals surface area contributed by atoms with Crippen molar-refractivity contribution in [1.82, 2.24) is 16.0 Å². The van der Waals surface area contributed by atoms with Crippen LogP contribution < -0.4 is 21.7 Å². The third kappa shape index (κ3) is 7.90. The van der Waals surface area contributed by atoms with Crippen LogP contribution in [0.3, 0.4) is 0 Å². The van der Waals surface area contributed by atoms with Crippen molar-refractivity contribution in [2.45, 2.75) is 137 Å². The average molecular weight is 645 g/mol. The second-order valence-corrected chi connectivity index (χ2v) is 17.1. The molecule has 0 aromatic rings. The maximum atomic E-state index is 13.9. The molecule has 0 spiro atoms. The van der Waals surface area contributed by atoms with E-state index in [-0.39, 0.29) is 58.0 Å². The molecule has 0 aromatic carbocycles. The Balaban J connectivity index is 1.37. The number of nitrogens with one attached hydrogen (secondary N) is 3. The van der Waals surface area contributed by atoms with Crippen molar-refractivity contribution in [3.05, 3.63) is 11.6 Å². The minimum absolute atomic E-state index is 0.00596. The van der Waals surface area contributed by atoms with Gasteiger partial charge in [0.05, 0.1) is 18.1 Å². The normalized spacial score (nSPS) is 37.7. The van der Waals surface area contributed by atoms with Crippen molar-refractivity contribution in [2.24, 2.45) is 57.5 Å². The molecule has 7 N–H and O–H groups in total. The molecular formula is C39H72N4O3. The molecule has 4 unspecified atom stereocenters. The minimum Gasteiger partial charge on any atom is -0.393 e. The number of carbonyl (C=O) groups is 1. The van der Waals surface area contributed by atoms with Crippen molar-refractivity contribution < 1.29 is 15.0 Å². The molecule has 46 heavy (non-hydrogen) atoms. The Labute approximate surface area is 282 Å².